The highest BCUT2D eigenvalue weighted by atomic mass is 16.6. The van der Waals surface area contributed by atoms with E-state index < -0.39 is 0 Å². The molecule has 0 bridgehead atoms. The minimum absolute atomic E-state index is 0.0616. The van der Waals surface area contributed by atoms with Crippen molar-refractivity contribution >= 4 is 22.4 Å². The summed E-state index contributed by atoms with van der Waals surface area (Å²) in [6.45, 7) is 1.36. The van der Waals surface area contributed by atoms with Gasteiger partial charge in [-0.1, -0.05) is 91.0 Å². The summed E-state index contributed by atoms with van der Waals surface area (Å²) >= 11 is 0. The van der Waals surface area contributed by atoms with E-state index in [2.05, 4.69) is 29.2 Å². The third-order valence-electron chi connectivity index (χ3n) is 5.81. The molecule has 0 unspecified atom stereocenters. The molecule has 0 radical (unpaired) electrons. The van der Waals surface area contributed by atoms with Gasteiger partial charge in [-0.3, -0.25) is 10.1 Å². The first-order chi connectivity index (χ1) is 16.7. The van der Waals surface area contributed by atoms with Crippen molar-refractivity contribution in [3.8, 4) is 11.1 Å². The number of fused-ring (bicyclic) bond motifs is 1. The summed E-state index contributed by atoms with van der Waals surface area (Å²) in [7, 11) is 0. The number of hydrogen-bond donors (Lipinski definition) is 0. The molecule has 0 amide bonds. The number of pyridine rings is 1. The molecule has 5 nitrogen and oxygen atoms in total. The average Bonchev–Trinajstić information content (AvgIpc) is 2.89. The second kappa shape index (κ2) is 9.55. The van der Waals surface area contributed by atoms with Gasteiger partial charge in [0.05, 0.1) is 10.4 Å². The van der Waals surface area contributed by atoms with Gasteiger partial charge >= 0.3 is 0 Å². The molecule has 0 aliphatic carbocycles. The SMILES string of the molecule is O=[N+]([O-])c1ccc2nc(N(Cc3ccccc3)Cc3ccccc3)c(-c3ccccc3)cc2c1. The van der Waals surface area contributed by atoms with Gasteiger partial charge in [-0.25, -0.2) is 4.98 Å². The lowest BCUT2D eigenvalue weighted by Crippen LogP contribution is -2.24. The minimum atomic E-state index is -0.368. The first-order valence-electron chi connectivity index (χ1n) is 11.1. The summed E-state index contributed by atoms with van der Waals surface area (Å²) in [4.78, 5) is 18.3. The number of nitro groups is 1. The van der Waals surface area contributed by atoms with Crippen LogP contribution >= 0.6 is 0 Å². The largest absolute Gasteiger partial charge is 0.347 e. The average molecular weight is 446 g/mol. The third-order valence-corrected chi connectivity index (χ3v) is 5.81. The quantitative estimate of drug-likeness (QED) is 0.200. The number of hydrogen-bond acceptors (Lipinski definition) is 4. The van der Waals surface area contributed by atoms with Gasteiger partial charge in [-0.05, 0) is 28.8 Å². The summed E-state index contributed by atoms with van der Waals surface area (Å²) in [5, 5.41) is 12.1. The molecule has 0 N–H and O–H groups in total. The predicted molar refractivity (Wildman–Crippen MR) is 137 cm³/mol. The smallest absolute Gasteiger partial charge is 0.270 e. The summed E-state index contributed by atoms with van der Waals surface area (Å²) in [5.41, 5.74) is 5.12. The zero-order valence-electron chi connectivity index (χ0n) is 18.5. The Balaban J connectivity index is 1.69. The Morgan fingerprint density at radius 1 is 0.706 bits per heavy atom. The van der Waals surface area contributed by atoms with E-state index in [9.17, 15) is 10.1 Å². The molecule has 0 spiro atoms. The summed E-state index contributed by atoms with van der Waals surface area (Å²) < 4.78 is 0. The third kappa shape index (κ3) is 4.64. The number of rotatable bonds is 7. The molecule has 0 saturated heterocycles. The second-order valence-corrected chi connectivity index (χ2v) is 8.19. The van der Waals surface area contributed by atoms with Crippen LogP contribution < -0.4 is 4.90 Å². The molecular formula is C29H23N3O2. The minimum Gasteiger partial charge on any atom is -0.347 e. The number of non-ortho nitro benzene ring substituents is 1. The van der Waals surface area contributed by atoms with Crippen molar-refractivity contribution in [3.05, 3.63) is 137 Å². The molecule has 1 aromatic heterocycles. The fourth-order valence-corrected chi connectivity index (χ4v) is 4.15. The van der Waals surface area contributed by atoms with E-state index in [-0.39, 0.29) is 10.6 Å². The van der Waals surface area contributed by atoms with E-state index >= 15 is 0 Å². The molecule has 0 aliphatic heterocycles. The van der Waals surface area contributed by atoms with Gasteiger partial charge in [-0.2, -0.15) is 0 Å². The van der Waals surface area contributed by atoms with Crippen LogP contribution in [-0.2, 0) is 13.1 Å². The van der Waals surface area contributed by atoms with Crippen LogP contribution in [0.25, 0.3) is 22.0 Å². The zero-order valence-corrected chi connectivity index (χ0v) is 18.5. The van der Waals surface area contributed by atoms with Crippen molar-refractivity contribution in [3.63, 3.8) is 0 Å². The van der Waals surface area contributed by atoms with E-state index in [1.165, 1.54) is 17.2 Å². The van der Waals surface area contributed by atoms with E-state index in [0.29, 0.717) is 13.1 Å². The Bertz CT molecular complexity index is 1380. The molecule has 0 fully saturated rings. The molecule has 34 heavy (non-hydrogen) atoms. The Kier molecular flexibility index (Phi) is 5.99. The molecule has 166 valence electrons. The first kappa shape index (κ1) is 21.3. The molecule has 1 heterocycles. The Labute approximate surface area is 198 Å². The van der Waals surface area contributed by atoms with E-state index in [0.717, 1.165) is 27.8 Å². The lowest BCUT2D eigenvalue weighted by molar-refractivity contribution is -0.384. The normalized spacial score (nSPS) is 10.8. The van der Waals surface area contributed by atoms with Gasteiger partial charge in [0.1, 0.15) is 5.82 Å². The maximum absolute atomic E-state index is 11.4. The van der Waals surface area contributed by atoms with Gasteiger partial charge in [0.15, 0.2) is 0 Å². The first-order valence-corrected chi connectivity index (χ1v) is 11.1. The van der Waals surface area contributed by atoms with Crippen LogP contribution in [0.1, 0.15) is 11.1 Å². The van der Waals surface area contributed by atoms with Crippen molar-refractivity contribution in [1.82, 2.24) is 4.98 Å². The maximum Gasteiger partial charge on any atom is 0.270 e. The van der Waals surface area contributed by atoms with E-state index in [1.54, 1.807) is 12.1 Å². The van der Waals surface area contributed by atoms with Gasteiger partial charge in [0, 0.05) is 36.2 Å². The van der Waals surface area contributed by atoms with Crippen molar-refractivity contribution in [2.45, 2.75) is 13.1 Å². The number of nitro benzene ring substituents is 1. The highest BCUT2D eigenvalue weighted by molar-refractivity contribution is 5.91. The molecule has 5 rings (SSSR count). The number of aromatic nitrogens is 1. The molecule has 0 aliphatic rings. The standard InChI is InChI=1S/C29H23N3O2/c33-32(34)26-16-17-28-25(18-26)19-27(24-14-8-3-9-15-24)29(30-28)31(20-22-10-4-1-5-11-22)21-23-12-6-2-7-13-23/h1-19H,20-21H2. The summed E-state index contributed by atoms with van der Waals surface area (Å²) in [5.74, 6) is 0.847. The predicted octanol–water partition coefficient (Wildman–Crippen LogP) is 7.02. The summed E-state index contributed by atoms with van der Waals surface area (Å²) in [6, 6.07) is 37.6. The second-order valence-electron chi connectivity index (χ2n) is 8.19. The fourth-order valence-electron chi connectivity index (χ4n) is 4.15. The van der Waals surface area contributed by atoms with Crippen molar-refractivity contribution in [1.29, 1.82) is 0 Å². The molecular weight excluding hydrogens is 422 g/mol. The van der Waals surface area contributed by atoms with Crippen LogP contribution in [0.15, 0.2) is 115 Å². The van der Waals surface area contributed by atoms with Crippen molar-refractivity contribution < 1.29 is 4.92 Å². The van der Waals surface area contributed by atoms with Crippen LogP contribution in [0.4, 0.5) is 11.5 Å². The van der Waals surface area contributed by atoms with Gasteiger partial charge < -0.3 is 4.90 Å². The maximum atomic E-state index is 11.4. The van der Waals surface area contributed by atoms with Crippen LogP contribution in [0.3, 0.4) is 0 Å². The molecule has 5 aromatic rings. The summed E-state index contributed by atoms with van der Waals surface area (Å²) in [6.07, 6.45) is 0. The molecule has 0 atom stereocenters. The van der Waals surface area contributed by atoms with Crippen LogP contribution in [0, 0.1) is 10.1 Å². The fraction of sp³-hybridized carbons (Fsp3) is 0.0690. The van der Waals surface area contributed by atoms with Gasteiger partial charge in [-0.15, -0.1) is 0 Å². The lowest BCUT2D eigenvalue weighted by atomic mass is 10.0. The lowest BCUT2D eigenvalue weighted by Gasteiger charge is -2.27. The highest BCUT2D eigenvalue weighted by Crippen LogP contribution is 2.35. The van der Waals surface area contributed by atoms with Crippen LogP contribution in [0.2, 0.25) is 0 Å². The monoisotopic (exact) mass is 445 g/mol. The Morgan fingerprint density at radius 3 is 1.82 bits per heavy atom. The van der Waals surface area contributed by atoms with Crippen LogP contribution in [-0.4, -0.2) is 9.91 Å². The Morgan fingerprint density at radius 2 is 1.26 bits per heavy atom. The van der Waals surface area contributed by atoms with Crippen molar-refractivity contribution in [2.75, 3.05) is 4.90 Å². The number of benzene rings is 4. The van der Waals surface area contributed by atoms with E-state index in [4.69, 9.17) is 4.98 Å². The Hall–Kier alpha value is -4.51. The molecule has 4 aromatic carbocycles. The molecule has 0 saturated carbocycles. The van der Waals surface area contributed by atoms with E-state index in [1.807, 2.05) is 72.8 Å². The highest BCUT2D eigenvalue weighted by Gasteiger charge is 2.18. The van der Waals surface area contributed by atoms with Crippen LogP contribution in [0.5, 0.6) is 0 Å². The number of anilines is 1. The van der Waals surface area contributed by atoms with Gasteiger partial charge in [0.2, 0.25) is 0 Å². The number of nitrogens with zero attached hydrogens (tertiary/aromatic N) is 3. The molecule has 5 heteroatoms. The zero-order chi connectivity index (χ0) is 23.3. The topological polar surface area (TPSA) is 59.3 Å². The van der Waals surface area contributed by atoms with Crippen molar-refractivity contribution in [2.24, 2.45) is 0 Å². The van der Waals surface area contributed by atoms with Gasteiger partial charge in [0.25, 0.3) is 5.69 Å².